The van der Waals surface area contributed by atoms with Gasteiger partial charge in [-0.05, 0) is 13.8 Å². The topological polar surface area (TPSA) is 24.8 Å². The molecule has 0 saturated carbocycles. The van der Waals surface area contributed by atoms with Gasteiger partial charge in [-0.15, -0.1) is 5.10 Å². The Balaban J connectivity index is 2.36. The van der Waals surface area contributed by atoms with Crippen LogP contribution in [0.25, 0.3) is 0 Å². The molecule has 0 aromatic carbocycles. The maximum atomic E-state index is 4.85. The second-order valence-electron chi connectivity index (χ2n) is 2.05. The SMILES string of the molecule is CC(C)N1COC=N1. The van der Waals surface area contributed by atoms with E-state index in [4.69, 9.17) is 4.74 Å². The van der Waals surface area contributed by atoms with Gasteiger partial charge in [-0.2, -0.15) is 0 Å². The molecule has 0 aliphatic carbocycles. The van der Waals surface area contributed by atoms with E-state index in [-0.39, 0.29) is 0 Å². The van der Waals surface area contributed by atoms with E-state index in [0.29, 0.717) is 12.8 Å². The molecule has 3 heteroatoms. The third-order valence-electron chi connectivity index (χ3n) is 1.07. The van der Waals surface area contributed by atoms with E-state index in [1.165, 1.54) is 6.40 Å². The van der Waals surface area contributed by atoms with Gasteiger partial charge in [0.15, 0.2) is 13.1 Å². The van der Waals surface area contributed by atoms with E-state index in [1.54, 1.807) is 0 Å². The maximum Gasteiger partial charge on any atom is 0.195 e. The fourth-order valence-electron chi connectivity index (χ4n) is 0.519. The first-order valence-corrected chi connectivity index (χ1v) is 2.71. The minimum atomic E-state index is 0.453. The van der Waals surface area contributed by atoms with Gasteiger partial charge >= 0.3 is 0 Å². The summed E-state index contributed by atoms with van der Waals surface area (Å²) >= 11 is 0. The highest BCUT2D eigenvalue weighted by molar-refractivity contribution is 5.47. The monoisotopic (exact) mass is 114 g/mol. The Morgan fingerprint density at radius 2 is 2.50 bits per heavy atom. The Hall–Kier alpha value is -0.730. The Bertz CT molecular complexity index is 101. The van der Waals surface area contributed by atoms with Crippen LogP contribution in [0.1, 0.15) is 13.8 Å². The van der Waals surface area contributed by atoms with E-state index in [0.717, 1.165) is 0 Å². The van der Waals surface area contributed by atoms with E-state index in [2.05, 4.69) is 18.9 Å². The van der Waals surface area contributed by atoms with Crippen molar-refractivity contribution in [3.8, 4) is 0 Å². The van der Waals surface area contributed by atoms with Crippen LogP contribution in [-0.4, -0.2) is 24.2 Å². The average molecular weight is 114 g/mol. The number of nitrogens with zero attached hydrogens (tertiary/aromatic N) is 2. The summed E-state index contributed by atoms with van der Waals surface area (Å²) in [4.78, 5) is 0. The molecule has 0 aromatic rings. The minimum Gasteiger partial charge on any atom is -0.460 e. The van der Waals surface area contributed by atoms with E-state index >= 15 is 0 Å². The predicted octanol–water partition coefficient (Wildman–Crippen LogP) is 0.628. The van der Waals surface area contributed by atoms with Crippen LogP contribution in [0.4, 0.5) is 0 Å². The standard InChI is InChI=1S/C5H10N2O/c1-5(2)7-4-8-3-6-7/h3,5H,4H2,1-2H3. The molecule has 3 nitrogen and oxygen atoms in total. The Labute approximate surface area is 48.9 Å². The first-order valence-electron chi connectivity index (χ1n) is 2.71. The van der Waals surface area contributed by atoms with Crippen LogP contribution in [0.3, 0.4) is 0 Å². The van der Waals surface area contributed by atoms with Crippen molar-refractivity contribution >= 4 is 6.40 Å². The van der Waals surface area contributed by atoms with Gasteiger partial charge in [0.05, 0.1) is 0 Å². The van der Waals surface area contributed by atoms with Crippen LogP contribution in [0, 0.1) is 0 Å². The van der Waals surface area contributed by atoms with Gasteiger partial charge in [0.1, 0.15) is 0 Å². The molecule has 0 aromatic heterocycles. The van der Waals surface area contributed by atoms with Gasteiger partial charge in [0.2, 0.25) is 0 Å². The highest BCUT2D eigenvalue weighted by Gasteiger charge is 2.08. The fourth-order valence-corrected chi connectivity index (χ4v) is 0.519. The molecule has 46 valence electrons. The lowest BCUT2D eigenvalue weighted by molar-refractivity contribution is 0.140. The summed E-state index contributed by atoms with van der Waals surface area (Å²) in [5.74, 6) is 0. The molecule has 1 aliphatic heterocycles. The van der Waals surface area contributed by atoms with Crippen molar-refractivity contribution in [2.24, 2.45) is 5.10 Å². The van der Waals surface area contributed by atoms with Gasteiger partial charge < -0.3 is 4.74 Å². The Morgan fingerprint density at radius 1 is 1.75 bits per heavy atom. The van der Waals surface area contributed by atoms with E-state index in [1.807, 2.05) is 5.01 Å². The van der Waals surface area contributed by atoms with Crippen molar-refractivity contribution in [1.29, 1.82) is 0 Å². The van der Waals surface area contributed by atoms with Gasteiger partial charge in [0, 0.05) is 6.04 Å². The summed E-state index contributed by atoms with van der Waals surface area (Å²) in [5.41, 5.74) is 0. The second kappa shape index (κ2) is 2.03. The second-order valence-corrected chi connectivity index (χ2v) is 2.05. The number of rotatable bonds is 1. The molecule has 8 heavy (non-hydrogen) atoms. The van der Waals surface area contributed by atoms with Gasteiger partial charge in [-0.1, -0.05) is 0 Å². The molecule has 0 spiro atoms. The number of hydrogen-bond donors (Lipinski definition) is 0. The highest BCUT2D eigenvalue weighted by atomic mass is 16.5. The van der Waals surface area contributed by atoms with Gasteiger partial charge in [-0.3, -0.25) is 5.01 Å². The van der Waals surface area contributed by atoms with Crippen LogP contribution in [0.5, 0.6) is 0 Å². The molecule has 1 heterocycles. The molecule has 0 fully saturated rings. The summed E-state index contributed by atoms with van der Waals surface area (Å²) in [7, 11) is 0. The van der Waals surface area contributed by atoms with Crippen LogP contribution < -0.4 is 0 Å². The van der Waals surface area contributed by atoms with Crippen LogP contribution in [0.15, 0.2) is 5.10 Å². The van der Waals surface area contributed by atoms with Crippen molar-refractivity contribution in [1.82, 2.24) is 5.01 Å². The van der Waals surface area contributed by atoms with Crippen LogP contribution in [-0.2, 0) is 4.74 Å². The molecule has 0 N–H and O–H groups in total. The molecule has 0 amide bonds. The largest absolute Gasteiger partial charge is 0.460 e. The van der Waals surface area contributed by atoms with E-state index < -0.39 is 0 Å². The lowest BCUT2D eigenvalue weighted by Crippen LogP contribution is -2.22. The lowest BCUT2D eigenvalue weighted by Gasteiger charge is -2.14. The first-order chi connectivity index (χ1) is 3.80. The normalized spacial score (nSPS) is 17.6. The smallest absolute Gasteiger partial charge is 0.195 e. The third-order valence-corrected chi connectivity index (χ3v) is 1.07. The molecule has 0 unspecified atom stereocenters. The van der Waals surface area contributed by atoms with Crippen molar-refractivity contribution < 1.29 is 4.74 Å². The quantitative estimate of drug-likeness (QED) is 0.499. The highest BCUT2D eigenvalue weighted by Crippen LogP contribution is 2.01. The zero-order valence-corrected chi connectivity index (χ0v) is 5.16. The molecule has 1 aliphatic rings. The molecular weight excluding hydrogens is 104 g/mol. The molecule has 0 radical (unpaired) electrons. The predicted molar refractivity (Wildman–Crippen MR) is 31.4 cm³/mol. The molecular formula is C5H10N2O. The average Bonchev–Trinajstić information content (AvgIpc) is 2.12. The van der Waals surface area contributed by atoms with Crippen LogP contribution >= 0.6 is 0 Å². The zero-order chi connectivity index (χ0) is 5.98. The number of ether oxygens (including phenoxy) is 1. The van der Waals surface area contributed by atoms with Crippen molar-refractivity contribution in [2.75, 3.05) is 6.73 Å². The molecule has 0 saturated heterocycles. The van der Waals surface area contributed by atoms with Crippen molar-refractivity contribution in [3.63, 3.8) is 0 Å². The summed E-state index contributed by atoms with van der Waals surface area (Å²) in [6.07, 6.45) is 1.47. The first kappa shape index (κ1) is 5.41. The summed E-state index contributed by atoms with van der Waals surface area (Å²) < 4.78 is 4.85. The Kier molecular flexibility index (Phi) is 1.37. The lowest BCUT2D eigenvalue weighted by atomic mass is 10.4. The van der Waals surface area contributed by atoms with Crippen molar-refractivity contribution in [2.45, 2.75) is 19.9 Å². The molecule has 0 bridgehead atoms. The molecule has 0 atom stereocenters. The summed E-state index contributed by atoms with van der Waals surface area (Å²) in [6.45, 7) is 4.76. The minimum absolute atomic E-state index is 0.453. The fraction of sp³-hybridized carbons (Fsp3) is 0.800. The van der Waals surface area contributed by atoms with Gasteiger partial charge in [0.25, 0.3) is 0 Å². The third kappa shape index (κ3) is 0.911. The maximum absolute atomic E-state index is 4.85. The van der Waals surface area contributed by atoms with E-state index in [9.17, 15) is 0 Å². The Morgan fingerprint density at radius 3 is 2.75 bits per heavy atom. The van der Waals surface area contributed by atoms with Crippen LogP contribution in [0.2, 0.25) is 0 Å². The number of hydrogen-bond acceptors (Lipinski definition) is 3. The van der Waals surface area contributed by atoms with Crippen molar-refractivity contribution in [3.05, 3.63) is 0 Å². The number of hydrazone groups is 1. The van der Waals surface area contributed by atoms with Gasteiger partial charge in [-0.25, -0.2) is 0 Å². The zero-order valence-electron chi connectivity index (χ0n) is 5.16. The summed E-state index contributed by atoms with van der Waals surface area (Å²) in [5, 5.41) is 5.80. The molecule has 1 rings (SSSR count). The summed E-state index contributed by atoms with van der Waals surface area (Å²) in [6, 6.07) is 0.453.